The zero-order valence-corrected chi connectivity index (χ0v) is 13.1. The van der Waals surface area contributed by atoms with Gasteiger partial charge in [-0.15, -0.1) is 0 Å². The third-order valence-corrected chi connectivity index (χ3v) is 4.72. The van der Waals surface area contributed by atoms with Gasteiger partial charge >= 0.3 is 0 Å². The fraction of sp³-hybridized carbons (Fsp3) is 0.500. The average molecular weight is 304 g/mol. The Morgan fingerprint density at radius 1 is 1.33 bits per heavy atom. The van der Waals surface area contributed by atoms with E-state index >= 15 is 0 Å². The maximum atomic E-state index is 10.3. The van der Waals surface area contributed by atoms with Crippen LogP contribution >= 0.6 is 11.6 Å². The molecular formula is C16H18ClN3O. The molecule has 0 amide bonds. The van der Waals surface area contributed by atoms with Crippen molar-refractivity contribution >= 4 is 17.3 Å². The predicted octanol–water partition coefficient (Wildman–Crippen LogP) is 3.07. The number of nitriles is 2. The Kier molecular flexibility index (Phi) is 4.14. The molecule has 1 aliphatic rings. The fourth-order valence-corrected chi connectivity index (χ4v) is 3.47. The zero-order valence-electron chi connectivity index (χ0n) is 12.4. The Labute approximate surface area is 130 Å². The van der Waals surface area contributed by atoms with Gasteiger partial charge in [0.1, 0.15) is 12.1 Å². The highest BCUT2D eigenvalue weighted by Crippen LogP contribution is 2.39. The number of halogens is 1. The van der Waals surface area contributed by atoms with Crippen LogP contribution in [0.5, 0.6) is 0 Å². The number of anilines is 1. The summed E-state index contributed by atoms with van der Waals surface area (Å²) in [5.74, 6) is 0.124. The number of nitrogens with zero attached hydrogens (tertiary/aromatic N) is 3. The van der Waals surface area contributed by atoms with E-state index in [9.17, 15) is 10.4 Å². The first-order chi connectivity index (χ1) is 9.81. The van der Waals surface area contributed by atoms with E-state index in [1.165, 1.54) is 0 Å². The van der Waals surface area contributed by atoms with E-state index in [4.69, 9.17) is 16.9 Å². The third-order valence-electron chi connectivity index (χ3n) is 4.32. The molecular weight excluding hydrogens is 286 g/mol. The number of aliphatic hydroxyl groups is 1. The van der Waals surface area contributed by atoms with Gasteiger partial charge in [0.05, 0.1) is 27.4 Å². The van der Waals surface area contributed by atoms with Crippen LogP contribution in [-0.4, -0.2) is 23.3 Å². The maximum Gasteiger partial charge on any atom is 0.103 e. The minimum Gasteiger partial charge on any atom is -0.390 e. The summed E-state index contributed by atoms with van der Waals surface area (Å²) >= 11 is 6.15. The topological polar surface area (TPSA) is 71.0 Å². The van der Waals surface area contributed by atoms with E-state index < -0.39 is 5.60 Å². The van der Waals surface area contributed by atoms with Crippen molar-refractivity contribution in [2.45, 2.75) is 38.8 Å². The highest BCUT2D eigenvalue weighted by molar-refractivity contribution is 6.33. The SMILES string of the molecule is C[C@H]1[C@@H](C(C)(C)O)CCN1c1ccc(C#N)c(Cl)c1C#N. The van der Waals surface area contributed by atoms with Crippen LogP contribution in [0, 0.1) is 28.6 Å². The second-order valence-corrected chi connectivity index (χ2v) is 6.41. The van der Waals surface area contributed by atoms with Crippen LogP contribution in [-0.2, 0) is 0 Å². The lowest BCUT2D eigenvalue weighted by atomic mass is 9.85. The Bertz CT molecular complexity index is 637. The summed E-state index contributed by atoms with van der Waals surface area (Å²) in [6, 6.07) is 7.60. The van der Waals surface area contributed by atoms with E-state index in [0.29, 0.717) is 11.1 Å². The number of rotatable bonds is 2. The highest BCUT2D eigenvalue weighted by Gasteiger charge is 2.40. The van der Waals surface area contributed by atoms with E-state index in [2.05, 4.69) is 11.0 Å². The van der Waals surface area contributed by atoms with Crippen LogP contribution in [0.3, 0.4) is 0 Å². The molecule has 0 saturated carbocycles. The average Bonchev–Trinajstić information content (AvgIpc) is 2.80. The molecule has 110 valence electrons. The summed E-state index contributed by atoms with van der Waals surface area (Å²) in [4.78, 5) is 2.09. The molecule has 21 heavy (non-hydrogen) atoms. The lowest BCUT2D eigenvalue weighted by Gasteiger charge is -2.33. The molecule has 1 fully saturated rings. The fourth-order valence-electron chi connectivity index (χ4n) is 3.22. The molecule has 0 aliphatic carbocycles. The summed E-state index contributed by atoms with van der Waals surface area (Å²) in [6.07, 6.45) is 0.854. The van der Waals surface area contributed by atoms with E-state index in [-0.39, 0.29) is 17.0 Å². The van der Waals surface area contributed by atoms with Gasteiger partial charge in [0.15, 0.2) is 0 Å². The largest absolute Gasteiger partial charge is 0.390 e. The van der Waals surface area contributed by atoms with Gasteiger partial charge in [-0.2, -0.15) is 10.5 Å². The van der Waals surface area contributed by atoms with Crippen molar-refractivity contribution in [3.05, 3.63) is 28.3 Å². The molecule has 1 aromatic carbocycles. The van der Waals surface area contributed by atoms with Crippen molar-refractivity contribution in [1.29, 1.82) is 10.5 Å². The van der Waals surface area contributed by atoms with Crippen molar-refractivity contribution < 1.29 is 5.11 Å². The molecule has 1 heterocycles. The van der Waals surface area contributed by atoms with Crippen LogP contribution in [0.2, 0.25) is 5.02 Å². The molecule has 0 bridgehead atoms. The monoisotopic (exact) mass is 303 g/mol. The predicted molar refractivity (Wildman–Crippen MR) is 82.1 cm³/mol. The Hall–Kier alpha value is -1.75. The summed E-state index contributed by atoms with van der Waals surface area (Å²) in [7, 11) is 0. The molecule has 1 aliphatic heterocycles. The van der Waals surface area contributed by atoms with Crippen molar-refractivity contribution in [2.75, 3.05) is 11.4 Å². The Balaban J connectivity index is 2.44. The second kappa shape index (κ2) is 5.56. The molecule has 1 saturated heterocycles. The van der Waals surface area contributed by atoms with Crippen molar-refractivity contribution in [3.8, 4) is 12.1 Å². The molecule has 1 aromatic rings. The molecule has 0 aromatic heterocycles. The van der Waals surface area contributed by atoms with Gasteiger partial charge in [0.2, 0.25) is 0 Å². The lowest BCUT2D eigenvalue weighted by molar-refractivity contribution is 0.0156. The Morgan fingerprint density at radius 3 is 2.48 bits per heavy atom. The summed E-state index contributed by atoms with van der Waals surface area (Å²) < 4.78 is 0. The number of benzene rings is 1. The van der Waals surface area contributed by atoms with Crippen LogP contribution in [0.15, 0.2) is 12.1 Å². The van der Waals surface area contributed by atoms with Crippen molar-refractivity contribution in [1.82, 2.24) is 0 Å². The molecule has 4 nitrogen and oxygen atoms in total. The molecule has 0 spiro atoms. The minimum absolute atomic E-state index is 0.0982. The van der Waals surface area contributed by atoms with Crippen LogP contribution in [0.1, 0.15) is 38.3 Å². The van der Waals surface area contributed by atoms with E-state index in [1.807, 2.05) is 26.8 Å². The van der Waals surface area contributed by atoms with Crippen molar-refractivity contribution in [2.24, 2.45) is 5.92 Å². The number of hydrogen-bond donors (Lipinski definition) is 1. The van der Waals surface area contributed by atoms with Crippen LogP contribution in [0.4, 0.5) is 5.69 Å². The Morgan fingerprint density at radius 2 is 2.00 bits per heavy atom. The van der Waals surface area contributed by atoms with Gasteiger partial charge in [0, 0.05) is 18.5 Å². The first-order valence-corrected chi connectivity index (χ1v) is 7.30. The van der Waals surface area contributed by atoms with E-state index in [0.717, 1.165) is 18.7 Å². The summed E-state index contributed by atoms with van der Waals surface area (Å²) in [5.41, 5.74) is 0.611. The first kappa shape index (κ1) is 15.6. The smallest absolute Gasteiger partial charge is 0.103 e. The molecule has 2 rings (SSSR count). The second-order valence-electron chi connectivity index (χ2n) is 6.03. The minimum atomic E-state index is -0.767. The van der Waals surface area contributed by atoms with Gasteiger partial charge in [-0.05, 0) is 39.3 Å². The molecule has 1 N–H and O–H groups in total. The summed E-state index contributed by atoms with van der Waals surface area (Å²) in [5, 5.41) is 28.8. The van der Waals surface area contributed by atoms with Crippen molar-refractivity contribution in [3.63, 3.8) is 0 Å². The zero-order chi connectivity index (χ0) is 15.8. The summed E-state index contributed by atoms with van der Waals surface area (Å²) in [6.45, 7) is 6.43. The van der Waals surface area contributed by atoms with Gasteiger partial charge in [0.25, 0.3) is 0 Å². The maximum absolute atomic E-state index is 10.3. The van der Waals surface area contributed by atoms with Crippen LogP contribution in [0.25, 0.3) is 0 Å². The van der Waals surface area contributed by atoms with Crippen LogP contribution < -0.4 is 4.90 Å². The number of hydrogen-bond acceptors (Lipinski definition) is 4. The highest BCUT2D eigenvalue weighted by atomic mass is 35.5. The van der Waals surface area contributed by atoms with Gasteiger partial charge < -0.3 is 10.0 Å². The normalized spacial score (nSPS) is 22.0. The third kappa shape index (κ3) is 2.70. The molecule has 0 radical (unpaired) electrons. The quantitative estimate of drug-likeness (QED) is 0.911. The first-order valence-electron chi connectivity index (χ1n) is 6.93. The molecule has 5 heteroatoms. The lowest BCUT2D eigenvalue weighted by Crippen LogP contribution is -2.40. The molecule has 2 atom stereocenters. The standard InChI is InChI=1S/C16H18ClN3O/c1-10-13(16(2,3)21)6-7-20(10)14-5-4-11(8-18)15(17)12(14)9-19/h4-5,10,13,21H,6-7H2,1-3H3/t10-,13-/m0/s1. The van der Waals surface area contributed by atoms with Gasteiger partial charge in [-0.1, -0.05) is 11.6 Å². The molecule has 0 unspecified atom stereocenters. The van der Waals surface area contributed by atoms with Gasteiger partial charge in [-0.25, -0.2) is 0 Å². The van der Waals surface area contributed by atoms with E-state index in [1.54, 1.807) is 12.1 Å². The van der Waals surface area contributed by atoms with Gasteiger partial charge in [-0.3, -0.25) is 0 Å².